The van der Waals surface area contributed by atoms with Crippen molar-refractivity contribution in [3.05, 3.63) is 0 Å². The van der Waals surface area contributed by atoms with Gasteiger partial charge >= 0.3 is 0 Å². The second-order valence-corrected chi connectivity index (χ2v) is 5.59. The molecule has 0 aliphatic carbocycles. The number of nitrogens with one attached hydrogen (secondary N) is 1. The van der Waals surface area contributed by atoms with E-state index in [2.05, 4.69) is 37.9 Å². The van der Waals surface area contributed by atoms with Crippen molar-refractivity contribution in [1.82, 2.24) is 10.2 Å². The first-order chi connectivity index (χ1) is 7.93. The van der Waals surface area contributed by atoms with E-state index in [-0.39, 0.29) is 18.1 Å². The van der Waals surface area contributed by atoms with Gasteiger partial charge in [0.05, 0.1) is 12.1 Å². The average Bonchev–Trinajstić information content (AvgIpc) is 2.59. The smallest absolute Gasteiger partial charge is 0.220 e. The van der Waals surface area contributed by atoms with Crippen molar-refractivity contribution in [3.63, 3.8) is 0 Å². The van der Waals surface area contributed by atoms with Crippen molar-refractivity contribution in [2.75, 3.05) is 20.2 Å². The third-order valence-electron chi connectivity index (χ3n) is 3.27. The number of hydrogen-bond acceptors (Lipinski definition) is 3. The zero-order chi connectivity index (χ0) is 13.0. The molecule has 1 rings (SSSR count). The zero-order valence-electron chi connectivity index (χ0n) is 11.7. The summed E-state index contributed by atoms with van der Waals surface area (Å²) in [6, 6.07) is 0.633. The van der Waals surface area contributed by atoms with Gasteiger partial charge in [0.15, 0.2) is 0 Å². The van der Waals surface area contributed by atoms with E-state index in [0.717, 1.165) is 13.1 Å². The Hall–Kier alpha value is -0.610. The van der Waals surface area contributed by atoms with Crippen molar-refractivity contribution in [2.24, 2.45) is 5.92 Å². The van der Waals surface area contributed by atoms with Crippen LogP contribution in [0.5, 0.6) is 0 Å². The van der Waals surface area contributed by atoms with Gasteiger partial charge in [0.1, 0.15) is 0 Å². The predicted molar refractivity (Wildman–Crippen MR) is 68.9 cm³/mol. The molecular formula is C13H26N2O2. The molecular weight excluding hydrogens is 216 g/mol. The third kappa shape index (κ3) is 4.28. The number of nitrogens with zero attached hydrogens (tertiary/aromatic N) is 1. The molecule has 0 bridgehead atoms. The van der Waals surface area contributed by atoms with E-state index in [1.54, 1.807) is 7.11 Å². The van der Waals surface area contributed by atoms with Crippen LogP contribution in [0.3, 0.4) is 0 Å². The molecule has 1 N–H and O–H groups in total. The maximum Gasteiger partial charge on any atom is 0.220 e. The number of carbonyl (C=O) groups excluding carboxylic acids is 1. The van der Waals surface area contributed by atoms with Crippen LogP contribution in [0.2, 0.25) is 0 Å². The summed E-state index contributed by atoms with van der Waals surface area (Å²) in [5, 5.41) is 3.09. The van der Waals surface area contributed by atoms with Crippen LogP contribution in [0.25, 0.3) is 0 Å². The Morgan fingerprint density at radius 3 is 2.47 bits per heavy atom. The highest BCUT2D eigenvalue weighted by Crippen LogP contribution is 2.16. The maximum atomic E-state index is 11.8. The molecule has 1 amide bonds. The van der Waals surface area contributed by atoms with E-state index >= 15 is 0 Å². The Balaban J connectivity index is 2.49. The largest absolute Gasteiger partial charge is 0.378 e. The normalized spacial score (nSPS) is 25.8. The van der Waals surface area contributed by atoms with Crippen LogP contribution in [0.4, 0.5) is 0 Å². The molecule has 100 valence electrons. The Labute approximate surface area is 105 Å². The molecule has 1 aliphatic rings. The van der Waals surface area contributed by atoms with Gasteiger partial charge in [0.25, 0.3) is 0 Å². The highest BCUT2D eigenvalue weighted by Gasteiger charge is 2.34. The number of carbonyl (C=O) groups is 1. The van der Waals surface area contributed by atoms with E-state index in [0.29, 0.717) is 18.4 Å². The zero-order valence-corrected chi connectivity index (χ0v) is 11.7. The van der Waals surface area contributed by atoms with Gasteiger partial charge in [-0.15, -0.1) is 0 Å². The first-order valence-electron chi connectivity index (χ1n) is 6.50. The maximum absolute atomic E-state index is 11.8. The van der Waals surface area contributed by atoms with Gasteiger partial charge in [-0.2, -0.15) is 0 Å². The van der Waals surface area contributed by atoms with Gasteiger partial charge in [-0.25, -0.2) is 0 Å². The molecule has 0 aromatic rings. The Morgan fingerprint density at radius 2 is 2.00 bits per heavy atom. The van der Waals surface area contributed by atoms with E-state index < -0.39 is 0 Å². The van der Waals surface area contributed by atoms with Gasteiger partial charge in [-0.3, -0.25) is 9.69 Å². The summed E-state index contributed by atoms with van der Waals surface area (Å²) in [4.78, 5) is 14.1. The molecule has 0 radical (unpaired) electrons. The van der Waals surface area contributed by atoms with Crippen LogP contribution in [0.15, 0.2) is 0 Å². The summed E-state index contributed by atoms with van der Waals surface area (Å²) in [5.74, 6) is 0.538. The van der Waals surface area contributed by atoms with Crippen molar-refractivity contribution in [3.8, 4) is 0 Å². The quantitative estimate of drug-likeness (QED) is 0.789. The lowest BCUT2D eigenvalue weighted by Gasteiger charge is -2.20. The predicted octanol–water partition coefficient (Wildman–Crippen LogP) is 1.26. The van der Waals surface area contributed by atoms with E-state index in [1.807, 2.05) is 0 Å². The fourth-order valence-corrected chi connectivity index (χ4v) is 2.24. The minimum absolute atomic E-state index is 0.119. The number of rotatable bonds is 5. The average molecular weight is 242 g/mol. The van der Waals surface area contributed by atoms with Gasteiger partial charge in [0.2, 0.25) is 5.91 Å². The first kappa shape index (κ1) is 14.5. The molecule has 1 aliphatic heterocycles. The highest BCUT2D eigenvalue weighted by molar-refractivity contribution is 5.76. The standard InChI is InChI=1S/C13H26N2O2/c1-9(2)6-13(16)14-11-7-15(10(3)4)8-12(11)17-5/h9-12H,6-8H2,1-5H3,(H,14,16). The topological polar surface area (TPSA) is 41.6 Å². The molecule has 1 saturated heterocycles. The summed E-state index contributed by atoms with van der Waals surface area (Å²) < 4.78 is 5.45. The van der Waals surface area contributed by atoms with E-state index in [1.165, 1.54) is 0 Å². The molecule has 1 heterocycles. The fraction of sp³-hybridized carbons (Fsp3) is 0.923. The molecule has 4 heteroatoms. The summed E-state index contributed by atoms with van der Waals surface area (Å²) >= 11 is 0. The molecule has 0 aromatic heterocycles. The molecule has 2 atom stereocenters. The van der Waals surface area contributed by atoms with Crippen molar-refractivity contribution >= 4 is 5.91 Å². The number of amides is 1. The van der Waals surface area contributed by atoms with Crippen LogP contribution >= 0.6 is 0 Å². The monoisotopic (exact) mass is 242 g/mol. The van der Waals surface area contributed by atoms with Crippen LogP contribution < -0.4 is 5.32 Å². The minimum Gasteiger partial charge on any atom is -0.378 e. The minimum atomic E-state index is 0.119. The SMILES string of the molecule is COC1CN(C(C)C)CC1NC(=O)CC(C)C. The van der Waals surface area contributed by atoms with Crippen LogP contribution in [0.1, 0.15) is 34.1 Å². The molecule has 0 spiro atoms. The summed E-state index contributed by atoms with van der Waals surface area (Å²) in [6.07, 6.45) is 0.711. The summed E-state index contributed by atoms with van der Waals surface area (Å²) in [6.45, 7) is 10.3. The van der Waals surface area contributed by atoms with Crippen LogP contribution in [-0.4, -0.2) is 49.2 Å². The van der Waals surface area contributed by atoms with Gasteiger partial charge in [-0.05, 0) is 19.8 Å². The second-order valence-electron chi connectivity index (χ2n) is 5.59. The molecule has 0 saturated carbocycles. The number of likely N-dealkylation sites (tertiary alicyclic amines) is 1. The van der Waals surface area contributed by atoms with Gasteiger partial charge in [-0.1, -0.05) is 13.8 Å². The number of ether oxygens (including phenoxy) is 1. The summed E-state index contributed by atoms with van der Waals surface area (Å²) in [5.41, 5.74) is 0. The lowest BCUT2D eigenvalue weighted by Crippen LogP contribution is -2.44. The van der Waals surface area contributed by atoms with Gasteiger partial charge in [0, 0.05) is 32.7 Å². The number of hydrogen-bond donors (Lipinski definition) is 1. The van der Waals surface area contributed by atoms with E-state index in [9.17, 15) is 4.79 Å². The molecule has 17 heavy (non-hydrogen) atoms. The molecule has 0 aromatic carbocycles. The van der Waals surface area contributed by atoms with Crippen molar-refractivity contribution < 1.29 is 9.53 Å². The van der Waals surface area contributed by atoms with Crippen LogP contribution in [0, 0.1) is 5.92 Å². The lowest BCUT2D eigenvalue weighted by molar-refractivity contribution is -0.123. The molecule has 1 fully saturated rings. The Bertz CT molecular complexity index is 254. The Kier molecular flexibility index (Phi) is 5.40. The number of methoxy groups -OCH3 is 1. The van der Waals surface area contributed by atoms with Crippen molar-refractivity contribution in [2.45, 2.75) is 52.3 Å². The second kappa shape index (κ2) is 6.36. The Morgan fingerprint density at radius 1 is 1.35 bits per heavy atom. The van der Waals surface area contributed by atoms with Crippen LogP contribution in [-0.2, 0) is 9.53 Å². The highest BCUT2D eigenvalue weighted by atomic mass is 16.5. The van der Waals surface area contributed by atoms with E-state index in [4.69, 9.17) is 4.74 Å². The molecule has 4 nitrogen and oxygen atoms in total. The molecule has 2 unspecified atom stereocenters. The third-order valence-corrected chi connectivity index (χ3v) is 3.27. The first-order valence-corrected chi connectivity index (χ1v) is 6.50. The fourth-order valence-electron chi connectivity index (χ4n) is 2.24. The lowest BCUT2D eigenvalue weighted by atomic mass is 10.1. The van der Waals surface area contributed by atoms with Crippen molar-refractivity contribution in [1.29, 1.82) is 0 Å². The summed E-state index contributed by atoms with van der Waals surface area (Å²) in [7, 11) is 1.72. The van der Waals surface area contributed by atoms with Gasteiger partial charge < -0.3 is 10.1 Å².